The minimum Gasteiger partial charge on any atom is -0.481 e. The van der Waals surface area contributed by atoms with Gasteiger partial charge in [-0.05, 0) is 17.6 Å². The van der Waals surface area contributed by atoms with E-state index in [0.29, 0.717) is 11.3 Å². The minimum atomic E-state index is -0.945. The van der Waals surface area contributed by atoms with Gasteiger partial charge in [0, 0.05) is 12.2 Å². The Labute approximate surface area is 92.5 Å². The van der Waals surface area contributed by atoms with Gasteiger partial charge in [-0.3, -0.25) is 9.59 Å². The monoisotopic (exact) mass is 215 g/mol. The van der Waals surface area contributed by atoms with Crippen molar-refractivity contribution >= 4 is 17.6 Å². The van der Waals surface area contributed by atoms with Crippen LogP contribution in [0.2, 0.25) is 0 Å². The van der Waals surface area contributed by atoms with E-state index < -0.39 is 17.8 Å². The number of para-hydroxylation sites is 1. The van der Waals surface area contributed by atoms with E-state index in [2.05, 4.69) is 0 Å². The number of hydrogen-bond acceptors (Lipinski definition) is 2. The fraction of sp³-hybridized carbons (Fsp3) is 0.167. The van der Waals surface area contributed by atoms with E-state index >= 15 is 0 Å². The van der Waals surface area contributed by atoms with Crippen LogP contribution in [0.15, 0.2) is 24.3 Å². The van der Waals surface area contributed by atoms with Crippen LogP contribution in [-0.2, 0) is 9.59 Å². The Kier molecular flexibility index (Phi) is 2.37. The molecule has 1 atom stereocenters. The fourth-order valence-electron chi connectivity index (χ4n) is 1.89. The van der Waals surface area contributed by atoms with Gasteiger partial charge in [0.05, 0.1) is 0 Å². The number of fused-ring (bicyclic) bond motifs is 1. The van der Waals surface area contributed by atoms with Gasteiger partial charge in [0.1, 0.15) is 5.92 Å². The molecule has 1 heterocycles. The Morgan fingerprint density at radius 1 is 1.44 bits per heavy atom. The molecule has 0 spiro atoms. The van der Waals surface area contributed by atoms with Gasteiger partial charge in [-0.15, -0.1) is 6.42 Å². The molecule has 0 saturated carbocycles. The van der Waals surface area contributed by atoms with Crippen molar-refractivity contribution in [3.8, 4) is 12.3 Å². The molecule has 0 saturated heterocycles. The molecular weight excluding hydrogens is 206 g/mol. The molecule has 0 aliphatic carbocycles. The third kappa shape index (κ3) is 1.43. The maximum Gasteiger partial charge on any atom is 0.312 e. The van der Waals surface area contributed by atoms with Crippen LogP contribution in [0, 0.1) is 12.3 Å². The second-order valence-corrected chi connectivity index (χ2v) is 3.51. The summed E-state index contributed by atoms with van der Waals surface area (Å²) >= 11 is 0. The molecule has 4 nitrogen and oxygen atoms in total. The van der Waals surface area contributed by atoms with Gasteiger partial charge in [-0.1, -0.05) is 18.2 Å². The fourth-order valence-corrected chi connectivity index (χ4v) is 1.89. The molecule has 0 radical (unpaired) electrons. The van der Waals surface area contributed by atoms with Gasteiger partial charge in [0.25, 0.3) is 0 Å². The lowest BCUT2D eigenvalue weighted by Gasteiger charge is -2.13. The second kappa shape index (κ2) is 3.70. The molecule has 4 heteroatoms. The zero-order chi connectivity index (χ0) is 11.7. The number of anilines is 1. The van der Waals surface area contributed by atoms with Crippen LogP contribution >= 0.6 is 0 Å². The molecule has 0 aromatic heterocycles. The number of carboxylic acids is 1. The molecule has 0 bridgehead atoms. The molecule has 1 unspecified atom stereocenters. The number of hydrogen-bond donors (Lipinski definition) is 1. The van der Waals surface area contributed by atoms with Crippen LogP contribution < -0.4 is 4.90 Å². The summed E-state index contributed by atoms with van der Waals surface area (Å²) in [6.07, 6.45) is 5.04. The SMILES string of the molecule is C#CC(=O)N1CC(C(=O)O)c2ccccc21. The lowest BCUT2D eigenvalue weighted by Crippen LogP contribution is -2.29. The average Bonchev–Trinajstić information content (AvgIpc) is 2.67. The maximum absolute atomic E-state index is 11.4. The Morgan fingerprint density at radius 2 is 2.12 bits per heavy atom. The van der Waals surface area contributed by atoms with E-state index in [1.807, 2.05) is 5.92 Å². The van der Waals surface area contributed by atoms with E-state index in [1.54, 1.807) is 24.3 Å². The second-order valence-electron chi connectivity index (χ2n) is 3.51. The van der Waals surface area contributed by atoms with Gasteiger partial charge < -0.3 is 10.0 Å². The highest BCUT2D eigenvalue weighted by Crippen LogP contribution is 2.35. The standard InChI is InChI=1S/C12H9NO3/c1-2-11(14)13-7-9(12(15)16)8-5-3-4-6-10(8)13/h1,3-6,9H,7H2,(H,15,16). The molecule has 1 aromatic carbocycles. The number of aliphatic carboxylic acids is 1. The van der Waals surface area contributed by atoms with E-state index in [1.165, 1.54) is 4.90 Å². The molecule has 1 aliphatic heterocycles. The maximum atomic E-state index is 11.4. The quantitative estimate of drug-likeness (QED) is 0.706. The lowest BCUT2D eigenvalue weighted by molar-refractivity contribution is -0.138. The number of rotatable bonds is 1. The molecule has 2 rings (SSSR count). The normalized spacial score (nSPS) is 17.7. The van der Waals surface area contributed by atoms with Gasteiger partial charge in [-0.2, -0.15) is 0 Å². The molecule has 1 aliphatic rings. The van der Waals surface area contributed by atoms with Crippen LogP contribution in [0.25, 0.3) is 0 Å². The summed E-state index contributed by atoms with van der Waals surface area (Å²) in [5.41, 5.74) is 1.23. The number of carboxylic acid groups (broad SMARTS) is 1. The van der Waals surface area contributed by atoms with Gasteiger partial charge in [0.15, 0.2) is 0 Å². The highest BCUT2D eigenvalue weighted by molar-refractivity contribution is 6.08. The van der Waals surface area contributed by atoms with Gasteiger partial charge >= 0.3 is 11.9 Å². The van der Waals surface area contributed by atoms with E-state index in [9.17, 15) is 9.59 Å². The van der Waals surface area contributed by atoms with Crippen LogP contribution in [-0.4, -0.2) is 23.5 Å². The highest BCUT2D eigenvalue weighted by Gasteiger charge is 2.35. The molecule has 1 N–H and O–H groups in total. The number of terminal acetylenes is 1. The van der Waals surface area contributed by atoms with Crippen molar-refractivity contribution in [3.63, 3.8) is 0 Å². The third-order valence-corrected chi connectivity index (χ3v) is 2.63. The van der Waals surface area contributed by atoms with Crippen molar-refractivity contribution in [1.82, 2.24) is 0 Å². The Morgan fingerprint density at radius 3 is 2.75 bits per heavy atom. The predicted molar refractivity (Wildman–Crippen MR) is 58.0 cm³/mol. The van der Waals surface area contributed by atoms with Gasteiger partial charge in [-0.25, -0.2) is 0 Å². The van der Waals surface area contributed by atoms with E-state index in [0.717, 1.165) is 0 Å². The first-order valence-corrected chi connectivity index (χ1v) is 4.75. The first kappa shape index (κ1) is 10.2. The van der Waals surface area contributed by atoms with Crippen LogP contribution in [0.5, 0.6) is 0 Å². The summed E-state index contributed by atoms with van der Waals surface area (Å²) in [5, 5.41) is 9.04. The van der Waals surface area contributed by atoms with E-state index in [4.69, 9.17) is 11.5 Å². The first-order valence-electron chi connectivity index (χ1n) is 4.75. The largest absolute Gasteiger partial charge is 0.481 e. The zero-order valence-corrected chi connectivity index (χ0v) is 8.38. The summed E-state index contributed by atoms with van der Waals surface area (Å²) in [4.78, 5) is 23.8. The molecule has 80 valence electrons. The van der Waals surface area contributed by atoms with Crippen molar-refractivity contribution < 1.29 is 14.7 Å². The predicted octanol–water partition coefficient (Wildman–Crippen LogP) is 0.835. The third-order valence-electron chi connectivity index (χ3n) is 2.63. The smallest absolute Gasteiger partial charge is 0.312 e. The number of benzene rings is 1. The van der Waals surface area contributed by atoms with Crippen molar-refractivity contribution in [2.45, 2.75) is 5.92 Å². The average molecular weight is 215 g/mol. The lowest BCUT2D eigenvalue weighted by atomic mass is 10.0. The Bertz CT molecular complexity index is 501. The highest BCUT2D eigenvalue weighted by atomic mass is 16.4. The number of carbonyl (C=O) groups excluding carboxylic acids is 1. The number of amides is 1. The summed E-state index contributed by atoms with van der Waals surface area (Å²) in [6.45, 7) is 0.109. The van der Waals surface area contributed by atoms with Crippen LogP contribution in [0.4, 0.5) is 5.69 Å². The number of nitrogens with zero attached hydrogens (tertiary/aromatic N) is 1. The molecular formula is C12H9NO3. The summed E-state index contributed by atoms with van der Waals surface area (Å²) in [7, 11) is 0. The summed E-state index contributed by atoms with van der Waals surface area (Å²) in [5.74, 6) is -0.133. The van der Waals surface area contributed by atoms with E-state index in [-0.39, 0.29) is 6.54 Å². The topological polar surface area (TPSA) is 57.6 Å². The Balaban J connectivity index is 2.48. The zero-order valence-electron chi connectivity index (χ0n) is 8.38. The Hall–Kier alpha value is -2.28. The van der Waals surface area contributed by atoms with Crippen molar-refractivity contribution in [1.29, 1.82) is 0 Å². The molecule has 16 heavy (non-hydrogen) atoms. The van der Waals surface area contributed by atoms with Crippen molar-refractivity contribution in [2.75, 3.05) is 11.4 Å². The van der Waals surface area contributed by atoms with Crippen LogP contribution in [0.1, 0.15) is 11.5 Å². The first-order chi connectivity index (χ1) is 7.65. The molecule has 1 amide bonds. The van der Waals surface area contributed by atoms with Crippen molar-refractivity contribution in [3.05, 3.63) is 29.8 Å². The van der Waals surface area contributed by atoms with Crippen LogP contribution in [0.3, 0.4) is 0 Å². The number of carbonyl (C=O) groups is 2. The minimum absolute atomic E-state index is 0.109. The van der Waals surface area contributed by atoms with Gasteiger partial charge in [0.2, 0.25) is 0 Å². The molecule has 1 aromatic rings. The summed E-state index contributed by atoms with van der Waals surface area (Å²) < 4.78 is 0. The van der Waals surface area contributed by atoms with Crippen molar-refractivity contribution in [2.24, 2.45) is 0 Å². The summed E-state index contributed by atoms with van der Waals surface area (Å²) in [6, 6.07) is 6.91. The molecule has 0 fully saturated rings.